The summed E-state index contributed by atoms with van der Waals surface area (Å²) in [6, 6.07) is 23.8. The molecule has 0 saturated carbocycles. The Labute approximate surface area is 168 Å². The first-order valence-electron chi connectivity index (χ1n) is 9.04. The maximum Gasteiger partial charge on any atom is 0.339 e. The van der Waals surface area contributed by atoms with Gasteiger partial charge in [-0.1, -0.05) is 60.1 Å². The summed E-state index contributed by atoms with van der Waals surface area (Å²) in [6.45, 7) is 0.497. The molecular formula is C23H18ClNO3. The molecule has 1 atom stereocenters. The summed E-state index contributed by atoms with van der Waals surface area (Å²) in [5.41, 5.74) is 2.89. The largest absolute Gasteiger partial charge is 0.444 e. The number of esters is 1. The summed E-state index contributed by atoms with van der Waals surface area (Å²) in [6.07, 6.45) is -0.286. The maximum absolute atomic E-state index is 13.1. The molecule has 0 radical (unpaired) electrons. The molecule has 1 aliphatic heterocycles. The molecule has 0 spiro atoms. The van der Waals surface area contributed by atoms with E-state index in [-0.39, 0.29) is 5.91 Å². The Morgan fingerprint density at radius 2 is 1.64 bits per heavy atom. The van der Waals surface area contributed by atoms with Crippen molar-refractivity contribution in [2.75, 3.05) is 11.4 Å². The van der Waals surface area contributed by atoms with Crippen molar-refractivity contribution >= 4 is 29.2 Å². The lowest BCUT2D eigenvalue weighted by atomic mass is 10.1. The van der Waals surface area contributed by atoms with E-state index < -0.39 is 12.1 Å². The third kappa shape index (κ3) is 3.64. The van der Waals surface area contributed by atoms with Gasteiger partial charge in [-0.2, -0.15) is 0 Å². The van der Waals surface area contributed by atoms with Crippen LogP contribution in [0.4, 0.5) is 5.69 Å². The molecule has 0 aliphatic carbocycles. The van der Waals surface area contributed by atoms with Gasteiger partial charge in [0.25, 0.3) is 5.91 Å². The van der Waals surface area contributed by atoms with Crippen molar-refractivity contribution in [2.24, 2.45) is 0 Å². The van der Waals surface area contributed by atoms with Gasteiger partial charge in [0.1, 0.15) is 0 Å². The second kappa shape index (κ2) is 7.87. The third-order valence-corrected chi connectivity index (χ3v) is 4.99. The number of benzene rings is 3. The highest BCUT2D eigenvalue weighted by Crippen LogP contribution is 2.40. The highest BCUT2D eigenvalue weighted by atomic mass is 35.5. The maximum atomic E-state index is 13.1. The summed E-state index contributed by atoms with van der Waals surface area (Å²) >= 11 is 6.14. The van der Waals surface area contributed by atoms with Gasteiger partial charge in [-0.05, 0) is 42.3 Å². The molecule has 0 N–H and O–H groups in total. The van der Waals surface area contributed by atoms with Gasteiger partial charge in [-0.15, -0.1) is 0 Å². The Kier molecular flexibility index (Phi) is 5.13. The second-order valence-corrected chi connectivity index (χ2v) is 7.02. The van der Waals surface area contributed by atoms with Gasteiger partial charge < -0.3 is 9.64 Å². The number of rotatable bonds is 5. The van der Waals surface area contributed by atoms with E-state index in [1.54, 1.807) is 47.4 Å². The molecular weight excluding hydrogens is 374 g/mol. The van der Waals surface area contributed by atoms with Crippen LogP contribution in [0.1, 0.15) is 27.6 Å². The smallest absolute Gasteiger partial charge is 0.339 e. The Morgan fingerprint density at radius 3 is 2.36 bits per heavy atom. The molecule has 0 bridgehead atoms. The fourth-order valence-electron chi connectivity index (χ4n) is 3.35. The van der Waals surface area contributed by atoms with E-state index in [1.807, 2.05) is 36.4 Å². The predicted octanol–water partition coefficient (Wildman–Crippen LogP) is 4.83. The molecule has 0 fully saturated rings. The molecule has 5 heteroatoms. The van der Waals surface area contributed by atoms with E-state index in [0.29, 0.717) is 29.1 Å². The summed E-state index contributed by atoms with van der Waals surface area (Å²) < 4.78 is 5.58. The third-order valence-electron chi connectivity index (χ3n) is 4.75. The molecule has 1 heterocycles. The Morgan fingerprint density at radius 1 is 0.964 bits per heavy atom. The minimum absolute atomic E-state index is 0.252. The van der Waals surface area contributed by atoms with E-state index in [1.165, 1.54) is 0 Å². The highest BCUT2D eigenvalue weighted by molar-refractivity contribution is 6.31. The number of ether oxygens (including phenoxy) is 1. The van der Waals surface area contributed by atoms with Crippen molar-refractivity contribution in [1.82, 2.24) is 0 Å². The quantitative estimate of drug-likeness (QED) is 0.585. The average molecular weight is 392 g/mol. The summed E-state index contributed by atoms with van der Waals surface area (Å²) in [5.74, 6) is -0.785. The number of amides is 1. The van der Waals surface area contributed by atoms with E-state index in [9.17, 15) is 9.59 Å². The molecule has 1 unspecified atom stereocenters. The van der Waals surface area contributed by atoms with Gasteiger partial charge in [-0.3, -0.25) is 4.79 Å². The van der Waals surface area contributed by atoms with Crippen molar-refractivity contribution in [1.29, 1.82) is 0 Å². The van der Waals surface area contributed by atoms with Crippen LogP contribution in [0.2, 0.25) is 5.02 Å². The zero-order valence-corrected chi connectivity index (χ0v) is 15.8. The molecule has 1 aliphatic rings. The second-order valence-electron chi connectivity index (χ2n) is 6.58. The minimum atomic E-state index is -0.989. The number of nitrogens with zero attached hydrogens (tertiary/aromatic N) is 1. The van der Waals surface area contributed by atoms with Crippen molar-refractivity contribution in [3.63, 3.8) is 0 Å². The van der Waals surface area contributed by atoms with Crippen LogP contribution in [0, 0.1) is 0 Å². The standard InChI is InChI=1S/C23H18ClNO3/c24-18-11-12-20-19(15-18)21(28-23(27)17-9-5-2-6-10-17)22(26)25(20)14-13-16-7-3-1-4-8-16/h1-12,15,21H,13-14H2. The van der Waals surface area contributed by atoms with Crippen LogP contribution in [0.15, 0.2) is 78.9 Å². The number of hydrogen-bond acceptors (Lipinski definition) is 3. The number of fused-ring (bicyclic) bond motifs is 1. The predicted molar refractivity (Wildman–Crippen MR) is 109 cm³/mol. The van der Waals surface area contributed by atoms with Gasteiger partial charge in [0.05, 0.1) is 11.3 Å². The van der Waals surface area contributed by atoms with E-state index in [4.69, 9.17) is 16.3 Å². The molecule has 3 aromatic rings. The highest BCUT2D eigenvalue weighted by Gasteiger charge is 2.40. The van der Waals surface area contributed by atoms with Crippen LogP contribution in [-0.4, -0.2) is 18.4 Å². The Balaban J connectivity index is 1.58. The van der Waals surface area contributed by atoms with Crippen LogP contribution >= 0.6 is 11.6 Å². The lowest BCUT2D eigenvalue weighted by molar-refractivity contribution is -0.126. The SMILES string of the molecule is O=C(OC1C(=O)N(CCc2ccccc2)c2ccc(Cl)cc21)c1ccccc1. The van der Waals surface area contributed by atoms with Crippen LogP contribution in [-0.2, 0) is 16.0 Å². The van der Waals surface area contributed by atoms with Crippen LogP contribution in [0.3, 0.4) is 0 Å². The lowest BCUT2D eigenvalue weighted by Crippen LogP contribution is -2.32. The van der Waals surface area contributed by atoms with Crippen molar-refractivity contribution in [3.8, 4) is 0 Å². The average Bonchev–Trinajstić information content (AvgIpc) is 2.98. The van der Waals surface area contributed by atoms with Crippen molar-refractivity contribution in [3.05, 3.63) is 101 Å². The van der Waals surface area contributed by atoms with E-state index >= 15 is 0 Å². The van der Waals surface area contributed by atoms with Gasteiger partial charge in [0.15, 0.2) is 0 Å². The molecule has 140 valence electrons. The first kappa shape index (κ1) is 18.3. The summed E-state index contributed by atoms with van der Waals surface area (Å²) in [4.78, 5) is 27.2. The molecule has 0 saturated heterocycles. The molecule has 4 nitrogen and oxygen atoms in total. The zero-order chi connectivity index (χ0) is 19.5. The van der Waals surface area contributed by atoms with Crippen LogP contribution in [0.25, 0.3) is 0 Å². The van der Waals surface area contributed by atoms with Gasteiger partial charge in [0, 0.05) is 17.1 Å². The van der Waals surface area contributed by atoms with Gasteiger partial charge >= 0.3 is 5.97 Å². The van der Waals surface area contributed by atoms with Crippen LogP contribution in [0.5, 0.6) is 0 Å². The first-order valence-corrected chi connectivity index (χ1v) is 9.42. The van der Waals surface area contributed by atoms with Gasteiger partial charge in [-0.25, -0.2) is 4.79 Å². The summed E-state index contributed by atoms with van der Waals surface area (Å²) in [7, 11) is 0. The number of hydrogen-bond donors (Lipinski definition) is 0. The topological polar surface area (TPSA) is 46.6 Å². The lowest BCUT2D eigenvalue weighted by Gasteiger charge is -2.18. The molecule has 3 aromatic carbocycles. The fourth-order valence-corrected chi connectivity index (χ4v) is 3.53. The number of anilines is 1. The van der Waals surface area contributed by atoms with Crippen molar-refractivity contribution in [2.45, 2.75) is 12.5 Å². The van der Waals surface area contributed by atoms with Gasteiger partial charge in [0.2, 0.25) is 6.10 Å². The Hall–Kier alpha value is -3.11. The fraction of sp³-hybridized carbons (Fsp3) is 0.130. The molecule has 4 rings (SSSR count). The summed E-state index contributed by atoms with van der Waals surface area (Å²) in [5, 5.41) is 0.497. The number of halogens is 1. The molecule has 0 aromatic heterocycles. The normalized spacial score (nSPS) is 15.4. The van der Waals surface area contributed by atoms with Crippen molar-refractivity contribution < 1.29 is 14.3 Å². The molecule has 28 heavy (non-hydrogen) atoms. The number of carbonyl (C=O) groups is 2. The number of carbonyl (C=O) groups excluding carboxylic acids is 2. The van der Waals surface area contributed by atoms with E-state index in [2.05, 4.69) is 0 Å². The van der Waals surface area contributed by atoms with E-state index in [0.717, 1.165) is 11.3 Å². The molecule has 1 amide bonds. The first-order chi connectivity index (χ1) is 13.6. The zero-order valence-electron chi connectivity index (χ0n) is 15.0. The monoisotopic (exact) mass is 391 g/mol. The Bertz CT molecular complexity index is 1000. The van der Waals surface area contributed by atoms with Crippen LogP contribution < -0.4 is 4.90 Å². The minimum Gasteiger partial charge on any atom is -0.444 e.